The third kappa shape index (κ3) is 6.29. The van der Waals surface area contributed by atoms with Crippen molar-refractivity contribution in [3.63, 3.8) is 0 Å². The topological polar surface area (TPSA) is 79.8 Å². The minimum atomic E-state index is -3.58. The molecule has 2 saturated heterocycles. The number of hydrogen-bond donors (Lipinski definition) is 0. The second-order valence-corrected chi connectivity index (χ2v) is 12.6. The number of rotatable bonds is 7. The van der Waals surface area contributed by atoms with Gasteiger partial charge in [0.25, 0.3) is 0 Å². The van der Waals surface area contributed by atoms with Crippen LogP contribution in [0.25, 0.3) is 0 Å². The molecule has 1 aromatic heterocycles. The average molecular weight is 500 g/mol. The first-order chi connectivity index (χ1) is 16.6. The molecule has 190 valence electrons. The molecule has 0 spiro atoms. The standard InChI is InChI=1S/C27H37N3O4S/c1-27(2,3)23-8-10-25(11-9-23)35(32,33)30-15-12-22(13-16-30)26(31)29(20-24-7-5-17-34-24)19-21-6-4-14-28-18-21/h4,6,8-11,14,18,22,24H,5,7,12-13,15-17,19-20H2,1-3H3. The van der Waals surface area contributed by atoms with Crippen LogP contribution in [0.1, 0.15) is 57.6 Å². The number of sulfonamides is 1. The van der Waals surface area contributed by atoms with Crippen LogP contribution in [0.5, 0.6) is 0 Å². The SMILES string of the molecule is CC(C)(C)c1ccc(S(=O)(=O)N2CCC(C(=O)N(Cc3cccnc3)CC3CCCO3)CC2)cc1. The number of benzene rings is 1. The summed E-state index contributed by atoms with van der Waals surface area (Å²) in [6, 6.07) is 11.0. The third-order valence-corrected chi connectivity index (χ3v) is 8.93. The fourth-order valence-corrected chi connectivity index (χ4v) is 6.33. The Bertz CT molecular complexity index is 1080. The van der Waals surface area contributed by atoms with Crippen LogP contribution in [-0.2, 0) is 31.5 Å². The smallest absolute Gasteiger partial charge is 0.243 e. The maximum Gasteiger partial charge on any atom is 0.243 e. The van der Waals surface area contributed by atoms with Crippen molar-refractivity contribution in [1.29, 1.82) is 0 Å². The van der Waals surface area contributed by atoms with Crippen LogP contribution in [0.4, 0.5) is 0 Å². The van der Waals surface area contributed by atoms with Gasteiger partial charge in [0.2, 0.25) is 15.9 Å². The Hall–Kier alpha value is -2.29. The molecule has 0 saturated carbocycles. The molecular formula is C27H37N3O4S. The molecule has 2 fully saturated rings. The van der Waals surface area contributed by atoms with Crippen LogP contribution < -0.4 is 0 Å². The van der Waals surface area contributed by atoms with E-state index in [2.05, 4.69) is 25.8 Å². The van der Waals surface area contributed by atoms with Crippen LogP contribution in [0.3, 0.4) is 0 Å². The van der Waals surface area contributed by atoms with E-state index in [1.807, 2.05) is 29.2 Å². The fourth-order valence-electron chi connectivity index (χ4n) is 4.86. The van der Waals surface area contributed by atoms with Gasteiger partial charge in [-0.3, -0.25) is 9.78 Å². The predicted molar refractivity (Wildman–Crippen MR) is 135 cm³/mol. The van der Waals surface area contributed by atoms with Crippen molar-refractivity contribution < 1.29 is 17.9 Å². The van der Waals surface area contributed by atoms with Crippen molar-refractivity contribution in [3.8, 4) is 0 Å². The molecule has 1 aromatic carbocycles. The Morgan fingerprint density at radius 2 is 1.83 bits per heavy atom. The number of carbonyl (C=O) groups is 1. The molecule has 0 aliphatic carbocycles. The lowest BCUT2D eigenvalue weighted by molar-refractivity contribution is -0.139. The van der Waals surface area contributed by atoms with Crippen molar-refractivity contribution in [3.05, 3.63) is 59.9 Å². The Kier molecular flexibility index (Phi) is 7.93. The highest BCUT2D eigenvalue weighted by Gasteiger charge is 2.35. The zero-order valence-corrected chi connectivity index (χ0v) is 21.8. The van der Waals surface area contributed by atoms with Gasteiger partial charge in [-0.25, -0.2) is 8.42 Å². The quantitative estimate of drug-likeness (QED) is 0.576. The monoisotopic (exact) mass is 499 g/mol. The maximum absolute atomic E-state index is 13.5. The molecule has 0 bridgehead atoms. The minimum Gasteiger partial charge on any atom is -0.376 e. The summed E-state index contributed by atoms with van der Waals surface area (Å²) in [6.07, 6.45) is 6.60. The lowest BCUT2D eigenvalue weighted by atomic mass is 9.87. The minimum absolute atomic E-state index is 0.0355. The number of nitrogens with zero attached hydrogens (tertiary/aromatic N) is 3. The van der Waals surface area contributed by atoms with E-state index in [1.165, 1.54) is 4.31 Å². The van der Waals surface area contributed by atoms with Gasteiger partial charge in [0.15, 0.2) is 0 Å². The van der Waals surface area contributed by atoms with E-state index < -0.39 is 10.0 Å². The molecule has 35 heavy (non-hydrogen) atoms. The number of carbonyl (C=O) groups excluding carboxylic acids is 1. The number of hydrogen-bond acceptors (Lipinski definition) is 5. The van der Waals surface area contributed by atoms with E-state index in [0.29, 0.717) is 43.9 Å². The van der Waals surface area contributed by atoms with Gasteiger partial charge in [-0.15, -0.1) is 0 Å². The number of piperidine rings is 1. The molecule has 0 N–H and O–H groups in total. The van der Waals surface area contributed by atoms with Crippen molar-refractivity contribution in [2.45, 2.75) is 69.4 Å². The molecule has 2 aliphatic rings. The zero-order chi connectivity index (χ0) is 25.1. The predicted octanol–water partition coefficient (Wildman–Crippen LogP) is 3.99. The fraction of sp³-hybridized carbons (Fsp3) is 0.556. The number of aromatic nitrogens is 1. The zero-order valence-electron chi connectivity index (χ0n) is 21.0. The normalized spacial score (nSPS) is 20.1. The van der Waals surface area contributed by atoms with Gasteiger partial charge in [0, 0.05) is 51.1 Å². The van der Waals surface area contributed by atoms with E-state index in [9.17, 15) is 13.2 Å². The van der Waals surface area contributed by atoms with Gasteiger partial charge < -0.3 is 9.64 Å². The summed E-state index contributed by atoms with van der Waals surface area (Å²) in [5.74, 6) is -0.112. The molecule has 2 aromatic rings. The highest BCUT2D eigenvalue weighted by molar-refractivity contribution is 7.89. The first-order valence-electron chi connectivity index (χ1n) is 12.5. The molecule has 2 aliphatic heterocycles. The second kappa shape index (κ2) is 10.8. The Morgan fingerprint density at radius 3 is 2.40 bits per heavy atom. The van der Waals surface area contributed by atoms with Gasteiger partial charge in [0.05, 0.1) is 11.0 Å². The van der Waals surface area contributed by atoms with Crippen LogP contribution in [0.15, 0.2) is 53.7 Å². The highest BCUT2D eigenvalue weighted by atomic mass is 32.2. The van der Waals surface area contributed by atoms with E-state index in [4.69, 9.17) is 4.74 Å². The van der Waals surface area contributed by atoms with Crippen LogP contribution >= 0.6 is 0 Å². The lowest BCUT2D eigenvalue weighted by Crippen LogP contribution is -2.45. The number of ether oxygens (including phenoxy) is 1. The summed E-state index contributed by atoms with van der Waals surface area (Å²) >= 11 is 0. The van der Waals surface area contributed by atoms with Crippen LogP contribution in [-0.4, -0.2) is 60.9 Å². The first-order valence-corrected chi connectivity index (χ1v) is 14.0. The van der Waals surface area contributed by atoms with Crippen molar-refractivity contribution >= 4 is 15.9 Å². The molecule has 0 radical (unpaired) electrons. The first kappa shape index (κ1) is 25.8. The van der Waals surface area contributed by atoms with Crippen molar-refractivity contribution in [2.24, 2.45) is 5.92 Å². The van der Waals surface area contributed by atoms with E-state index in [-0.39, 0.29) is 23.3 Å². The summed E-state index contributed by atoms with van der Waals surface area (Å²) in [4.78, 5) is 19.9. The molecule has 8 heteroatoms. The molecule has 1 atom stereocenters. The average Bonchev–Trinajstić information content (AvgIpc) is 3.37. The molecule has 3 heterocycles. The van der Waals surface area contributed by atoms with Gasteiger partial charge >= 0.3 is 0 Å². The Morgan fingerprint density at radius 1 is 1.11 bits per heavy atom. The van der Waals surface area contributed by atoms with E-state index >= 15 is 0 Å². The molecule has 1 unspecified atom stereocenters. The molecule has 1 amide bonds. The molecule has 7 nitrogen and oxygen atoms in total. The molecule has 4 rings (SSSR count). The summed E-state index contributed by atoms with van der Waals surface area (Å²) in [5, 5.41) is 0. The molecular weight excluding hydrogens is 462 g/mol. The second-order valence-electron chi connectivity index (χ2n) is 10.7. The number of pyridine rings is 1. The van der Waals surface area contributed by atoms with E-state index in [1.54, 1.807) is 24.5 Å². The van der Waals surface area contributed by atoms with Gasteiger partial charge in [-0.2, -0.15) is 4.31 Å². The lowest BCUT2D eigenvalue weighted by Gasteiger charge is -2.34. The third-order valence-electron chi connectivity index (χ3n) is 7.02. The summed E-state index contributed by atoms with van der Waals surface area (Å²) in [5.41, 5.74) is 2.05. The van der Waals surface area contributed by atoms with Crippen LogP contribution in [0, 0.1) is 5.92 Å². The van der Waals surface area contributed by atoms with Crippen molar-refractivity contribution in [2.75, 3.05) is 26.2 Å². The Labute approximate surface area is 209 Å². The van der Waals surface area contributed by atoms with E-state index in [0.717, 1.165) is 30.6 Å². The van der Waals surface area contributed by atoms with Gasteiger partial charge in [0.1, 0.15) is 0 Å². The Balaban J connectivity index is 1.41. The van der Waals surface area contributed by atoms with Gasteiger partial charge in [-0.1, -0.05) is 39.0 Å². The van der Waals surface area contributed by atoms with Crippen molar-refractivity contribution in [1.82, 2.24) is 14.2 Å². The largest absolute Gasteiger partial charge is 0.376 e. The summed E-state index contributed by atoms with van der Waals surface area (Å²) < 4.78 is 33.8. The summed E-state index contributed by atoms with van der Waals surface area (Å²) in [6.45, 7) is 8.81. The highest BCUT2D eigenvalue weighted by Crippen LogP contribution is 2.28. The number of amides is 1. The maximum atomic E-state index is 13.5. The summed E-state index contributed by atoms with van der Waals surface area (Å²) in [7, 11) is -3.58. The van der Waals surface area contributed by atoms with Crippen LogP contribution in [0.2, 0.25) is 0 Å². The van der Waals surface area contributed by atoms with Gasteiger partial charge in [-0.05, 0) is 60.4 Å².